The van der Waals surface area contributed by atoms with Gasteiger partial charge in [0.1, 0.15) is 5.82 Å². The monoisotopic (exact) mass is 328 g/mol. The van der Waals surface area contributed by atoms with Crippen molar-refractivity contribution < 1.29 is 14.0 Å². The van der Waals surface area contributed by atoms with Gasteiger partial charge in [-0.15, -0.1) is 0 Å². The number of nitrogens with zero attached hydrogens (tertiary/aromatic N) is 1. The second-order valence-corrected chi connectivity index (χ2v) is 5.70. The Morgan fingerprint density at radius 3 is 2.38 bits per heavy atom. The van der Waals surface area contributed by atoms with Crippen molar-refractivity contribution in [3.63, 3.8) is 0 Å². The van der Waals surface area contributed by atoms with E-state index >= 15 is 0 Å². The Hall–Kier alpha value is -2.69. The molecule has 0 atom stereocenters. The number of hydrogen-bond acceptors (Lipinski definition) is 2. The second kappa shape index (κ2) is 8.24. The van der Waals surface area contributed by atoms with Crippen LogP contribution in [0.2, 0.25) is 0 Å². The van der Waals surface area contributed by atoms with Crippen molar-refractivity contribution in [3.05, 3.63) is 65.5 Å². The molecule has 2 amide bonds. The number of nitrogens with one attached hydrogen (secondary N) is 1. The molecule has 0 radical (unpaired) electrons. The van der Waals surface area contributed by atoms with E-state index in [9.17, 15) is 14.0 Å². The lowest BCUT2D eigenvalue weighted by atomic mass is 10.1. The average Bonchev–Trinajstić information content (AvgIpc) is 2.54. The first-order chi connectivity index (χ1) is 11.5. The van der Waals surface area contributed by atoms with Gasteiger partial charge in [0.25, 0.3) is 0 Å². The lowest BCUT2D eigenvalue weighted by Gasteiger charge is -2.20. The minimum absolute atomic E-state index is 0.0579. The number of carbonyl (C=O) groups excluding carboxylic acids is 2. The second-order valence-electron chi connectivity index (χ2n) is 5.70. The molecule has 4 nitrogen and oxygen atoms in total. The maximum Gasteiger partial charge on any atom is 0.243 e. The highest BCUT2D eigenvalue weighted by Crippen LogP contribution is 2.10. The zero-order valence-corrected chi connectivity index (χ0v) is 13.9. The maximum absolute atomic E-state index is 13.6. The number of carbonyl (C=O) groups is 2. The Labute approximate surface area is 141 Å². The van der Waals surface area contributed by atoms with Gasteiger partial charge in [-0.25, -0.2) is 4.39 Å². The first-order valence-electron chi connectivity index (χ1n) is 7.81. The molecule has 0 aromatic heterocycles. The van der Waals surface area contributed by atoms with E-state index in [0.717, 1.165) is 5.56 Å². The smallest absolute Gasteiger partial charge is 0.243 e. The molecule has 0 aliphatic heterocycles. The minimum atomic E-state index is -0.301. The van der Waals surface area contributed by atoms with Crippen LogP contribution in [0.4, 0.5) is 10.1 Å². The molecule has 5 heteroatoms. The molecule has 2 rings (SSSR count). The standard InChI is InChI=1S/C19H21FN2O2/c1-14-7-9-17(10-8-14)21-19(24)13-22(15(2)23)12-11-16-5-3-4-6-18(16)20/h3-10H,11-13H2,1-2H3,(H,21,24). The van der Waals surface area contributed by atoms with Gasteiger partial charge in [-0.2, -0.15) is 0 Å². The van der Waals surface area contributed by atoms with Crippen molar-refractivity contribution in [2.75, 3.05) is 18.4 Å². The quantitative estimate of drug-likeness (QED) is 0.885. The van der Waals surface area contributed by atoms with Crippen molar-refractivity contribution in [3.8, 4) is 0 Å². The molecule has 2 aromatic carbocycles. The summed E-state index contributed by atoms with van der Waals surface area (Å²) in [5, 5.41) is 2.76. The first-order valence-corrected chi connectivity index (χ1v) is 7.81. The molecule has 0 aliphatic carbocycles. The first kappa shape index (κ1) is 17.7. The van der Waals surface area contributed by atoms with Crippen LogP contribution < -0.4 is 5.32 Å². The third-order valence-electron chi connectivity index (χ3n) is 3.72. The van der Waals surface area contributed by atoms with Crippen LogP contribution in [-0.2, 0) is 16.0 Å². The van der Waals surface area contributed by atoms with Gasteiger partial charge in [0.15, 0.2) is 0 Å². The molecule has 0 aliphatic rings. The van der Waals surface area contributed by atoms with Crippen molar-refractivity contribution in [2.45, 2.75) is 20.3 Å². The van der Waals surface area contributed by atoms with Crippen molar-refractivity contribution in [2.24, 2.45) is 0 Å². The number of halogens is 1. The summed E-state index contributed by atoms with van der Waals surface area (Å²) in [4.78, 5) is 25.3. The normalized spacial score (nSPS) is 10.3. The predicted octanol–water partition coefficient (Wildman–Crippen LogP) is 3.16. The van der Waals surface area contributed by atoms with Crippen LogP contribution in [0.25, 0.3) is 0 Å². The SMILES string of the molecule is CC(=O)N(CCc1ccccc1F)CC(=O)Nc1ccc(C)cc1. The maximum atomic E-state index is 13.6. The predicted molar refractivity (Wildman–Crippen MR) is 92.2 cm³/mol. The summed E-state index contributed by atoms with van der Waals surface area (Å²) in [6.45, 7) is 3.60. The van der Waals surface area contributed by atoms with E-state index in [2.05, 4.69) is 5.32 Å². The van der Waals surface area contributed by atoms with E-state index in [4.69, 9.17) is 0 Å². The molecule has 0 saturated heterocycles. The van der Waals surface area contributed by atoms with Crippen molar-refractivity contribution in [1.82, 2.24) is 4.90 Å². The number of hydrogen-bond donors (Lipinski definition) is 1. The highest BCUT2D eigenvalue weighted by atomic mass is 19.1. The average molecular weight is 328 g/mol. The topological polar surface area (TPSA) is 49.4 Å². The Kier molecular flexibility index (Phi) is 6.07. The molecule has 24 heavy (non-hydrogen) atoms. The Morgan fingerprint density at radius 1 is 1.08 bits per heavy atom. The summed E-state index contributed by atoms with van der Waals surface area (Å²) >= 11 is 0. The molecule has 0 saturated carbocycles. The van der Waals surface area contributed by atoms with E-state index in [0.29, 0.717) is 17.7 Å². The zero-order valence-electron chi connectivity index (χ0n) is 13.9. The fraction of sp³-hybridized carbons (Fsp3) is 0.263. The van der Waals surface area contributed by atoms with E-state index in [1.165, 1.54) is 17.9 Å². The number of benzene rings is 2. The molecule has 126 valence electrons. The molecular formula is C19H21FN2O2. The van der Waals surface area contributed by atoms with Crippen LogP contribution in [-0.4, -0.2) is 29.8 Å². The summed E-state index contributed by atoms with van der Waals surface area (Å²) in [5.74, 6) is -0.793. The van der Waals surface area contributed by atoms with Gasteiger partial charge in [-0.05, 0) is 37.1 Å². The van der Waals surface area contributed by atoms with Crippen LogP contribution in [0.1, 0.15) is 18.1 Å². The molecule has 0 fully saturated rings. The molecule has 2 aromatic rings. The third-order valence-corrected chi connectivity index (χ3v) is 3.72. The lowest BCUT2D eigenvalue weighted by Crippen LogP contribution is -2.38. The zero-order chi connectivity index (χ0) is 17.5. The minimum Gasteiger partial charge on any atom is -0.333 e. The van der Waals surface area contributed by atoms with Crippen molar-refractivity contribution in [1.29, 1.82) is 0 Å². The van der Waals surface area contributed by atoms with Crippen molar-refractivity contribution >= 4 is 17.5 Å². The summed E-state index contributed by atoms with van der Waals surface area (Å²) in [6, 6.07) is 13.9. The number of anilines is 1. The largest absolute Gasteiger partial charge is 0.333 e. The van der Waals surface area contributed by atoms with E-state index < -0.39 is 0 Å². The van der Waals surface area contributed by atoms with E-state index in [1.54, 1.807) is 18.2 Å². The van der Waals surface area contributed by atoms with E-state index in [1.807, 2.05) is 31.2 Å². The highest BCUT2D eigenvalue weighted by molar-refractivity contribution is 5.94. The molecule has 0 unspecified atom stereocenters. The van der Waals surface area contributed by atoms with Crippen LogP contribution in [0.3, 0.4) is 0 Å². The van der Waals surface area contributed by atoms with Gasteiger partial charge in [-0.1, -0.05) is 35.9 Å². The summed E-state index contributed by atoms with van der Waals surface area (Å²) in [5.41, 5.74) is 2.31. The van der Waals surface area contributed by atoms with Gasteiger partial charge in [0.05, 0.1) is 6.54 Å². The van der Waals surface area contributed by atoms with Gasteiger partial charge in [0, 0.05) is 19.2 Å². The number of aryl methyl sites for hydroxylation is 1. The number of rotatable bonds is 6. The Bertz CT molecular complexity index is 714. The molecule has 0 heterocycles. The molecule has 0 spiro atoms. The van der Waals surface area contributed by atoms with Gasteiger partial charge in [-0.3, -0.25) is 9.59 Å². The van der Waals surface area contributed by atoms with Crippen LogP contribution in [0.15, 0.2) is 48.5 Å². The fourth-order valence-electron chi connectivity index (χ4n) is 2.32. The molecule has 1 N–H and O–H groups in total. The summed E-state index contributed by atoms with van der Waals surface area (Å²) < 4.78 is 13.6. The van der Waals surface area contributed by atoms with Gasteiger partial charge >= 0.3 is 0 Å². The van der Waals surface area contributed by atoms with Crippen LogP contribution in [0.5, 0.6) is 0 Å². The Morgan fingerprint density at radius 2 is 1.75 bits per heavy atom. The van der Waals surface area contributed by atoms with E-state index in [-0.39, 0.29) is 30.7 Å². The Balaban J connectivity index is 1.93. The van der Waals surface area contributed by atoms with Gasteiger partial charge < -0.3 is 10.2 Å². The molecule has 0 bridgehead atoms. The number of amides is 2. The third kappa shape index (κ3) is 5.19. The highest BCUT2D eigenvalue weighted by Gasteiger charge is 2.14. The van der Waals surface area contributed by atoms with Gasteiger partial charge in [0.2, 0.25) is 11.8 Å². The fourth-order valence-corrected chi connectivity index (χ4v) is 2.32. The lowest BCUT2D eigenvalue weighted by molar-refractivity contribution is -0.132. The van der Waals surface area contributed by atoms with Crippen LogP contribution >= 0.6 is 0 Å². The summed E-state index contributed by atoms with van der Waals surface area (Å²) in [6.07, 6.45) is 0.365. The van der Waals surface area contributed by atoms with Crippen LogP contribution in [0, 0.1) is 12.7 Å². The summed E-state index contributed by atoms with van der Waals surface area (Å²) in [7, 11) is 0. The molecular weight excluding hydrogens is 307 g/mol.